The first-order valence-electron chi connectivity index (χ1n) is 9.18. The number of rotatable bonds is 5. The van der Waals surface area contributed by atoms with Gasteiger partial charge < -0.3 is 15.0 Å². The van der Waals surface area contributed by atoms with E-state index in [1.165, 1.54) is 13.3 Å². The molecule has 0 spiro atoms. The smallest absolute Gasteiger partial charge is 0.259 e. The molecule has 1 saturated heterocycles. The van der Waals surface area contributed by atoms with Crippen LogP contribution in [0.1, 0.15) is 47.2 Å². The average Bonchev–Trinajstić information content (AvgIpc) is 2.69. The van der Waals surface area contributed by atoms with E-state index in [1.807, 2.05) is 0 Å². The van der Waals surface area contributed by atoms with Crippen molar-refractivity contribution in [2.45, 2.75) is 32.2 Å². The third kappa shape index (κ3) is 4.66. The van der Waals surface area contributed by atoms with Crippen LogP contribution in [-0.4, -0.2) is 46.9 Å². The van der Waals surface area contributed by atoms with Gasteiger partial charge in [-0.1, -0.05) is 11.6 Å². The fraction of sp³-hybridized carbons (Fsp3) is 0.400. The van der Waals surface area contributed by atoms with E-state index in [0.717, 1.165) is 19.3 Å². The van der Waals surface area contributed by atoms with Gasteiger partial charge in [-0.3, -0.25) is 9.59 Å². The first-order valence-corrected chi connectivity index (χ1v) is 9.56. The van der Waals surface area contributed by atoms with E-state index >= 15 is 0 Å². The molecule has 2 heterocycles. The first kappa shape index (κ1) is 20.2. The van der Waals surface area contributed by atoms with Crippen molar-refractivity contribution in [2.24, 2.45) is 0 Å². The van der Waals surface area contributed by atoms with Crippen LogP contribution in [0.15, 0.2) is 30.5 Å². The lowest BCUT2D eigenvalue weighted by atomic mass is 10.0. The highest BCUT2D eigenvalue weighted by molar-refractivity contribution is 6.30. The summed E-state index contributed by atoms with van der Waals surface area (Å²) in [5, 5.41) is 3.41. The number of hydrogen-bond acceptors (Lipinski definition) is 5. The van der Waals surface area contributed by atoms with E-state index in [4.69, 9.17) is 16.3 Å². The van der Waals surface area contributed by atoms with Crippen molar-refractivity contribution in [1.82, 2.24) is 14.9 Å². The van der Waals surface area contributed by atoms with E-state index in [9.17, 15) is 9.59 Å². The lowest BCUT2D eigenvalue weighted by molar-refractivity contribution is -0.139. The SMILES string of the molecule is COCC(=O)N1CCCCC1c1ncc(C(=O)Nc2ccc(Cl)cc2)c(C)n1. The number of anilines is 1. The maximum Gasteiger partial charge on any atom is 0.259 e. The fourth-order valence-electron chi connectivity index (χ4n) is 3.31. The van der Waals surface area contributed by atoms with Crippen LogP contribution in [0.2, 0.25) is 5.02 Å². The Labute approximate surface area is 169 Å². The van der Waals surface area contributed by atoms with Gasteiger partial charge in [-0.2, -0.15) is 0 Å². The number of methoxy groups -OCH3 is 1. The molecular formula is C20H23ClN4O3. The van der Waals surface area contributed by atoms with Gasteiger partial charge in [0.2, 0.25) is 5.91 Å². The Morgan fingerprint density at radius 1 is 1.29 bits per heavy atom. The van der Waals surface area contributed by atoms with E-state index in [-0.39, 0.29) is 24.5 Å². The zero-order valence-electron chi connectivity index (χ0n) is 15.9. The van der Waals surface area contributed by atoms with Crippen LogP contribution in [0.3, 0.4) is 0 Å². The Balaban J connectivity index is 1.78. The van der Waals surface area contributed by atoms with Gasteiger partial charge in [0.1, 0.15) is 6.61 Å². The monoisotopic (exact) mass is 402 g/mol. The van der Waals surface area contributed by atoms with Crippen LogP contribution in [0.5, 0.6) is 0 Å². The molecule has 0 aliphatic carbocycles. The van der Waals surface area contributed by atoms with Gasteiger partial charge in [-0.25, -0.2) is 9.97 Å². The molecule has 1 fully saturated rings. The number of carbonyl (C=O) groups is 2. The summed E-state index contributed by atoms with van der Waals surface area (Å²) in [7, 11) is 1.51. The molecule has 2 amide bonds. The zero-order valence-corrected chi connectivity index (χ0v) is 16.7. The normalized spacial score (nSPS) is 16.7. The molecule has 1 aromatic carbocycles. The second-order valence-electron chi connectivity index (χ2n) is 6.72. The Bertz CT molecular complexity index is 857. The van der Waals surface area contributed by atoms with Crippen LogP contribution in [0.25, 0.3) is 0 Å². The van der Waals surface area contributed by atoms with Gasteiger partial charge in [-0.05, 0) is 50.5 Å². The van der Waals surface area contributed by atoms with Crippen LogP contribution >= 0.6 is 11.6 Å². The molecule has 3 rings (SSSR count). The van der Waals surface area contributed by atoms with Crippen molar-refractivity contribution in [3.05, 3.63) is 52.6 Å². The molecule has 1 aromatic heterocycles. The third-order valence-corrected chi connectivity index (χ3v) is 4.99. The molecule has 1 aliphatic heterocycles. The Morgan fingerprint density at radius 3 is 2.71 bits per heavy atom. The van der Waals surface area contributed by atoms with E-state index in [1.54, 1.807) is 36.1 Å². The number of piperidine rings is 1. The second kappa shape index (κ2) is 9.12. The van der Waals surface area contributed by atoms with Crippen molar-refractivity contribution in [2.75, 3.05) is 25.6 Å². The van der Waals surface area contributed by atoms with Crippen molar-refractivity contribution in [1.29, 1.82) is 0 Å². The summed E-state index contributed by atoms with van der Waals surface area (Å²) in [6.07, 6.45) is 4.27. The summed E-state index contributed by atoms with van der Waals surface area (Å²) in [5.41, 5.74) is 1.60. The molecule has 0 bridgehead atoms. The Morgan fingerprint density at radius 2 is 2.04 bits per heavy atom. The van der Waals surface area contributed by atoms with Crippen molar-refractivity contribution >= 4 is 29.1 Å². The second-order valence-corrected chi connectivity index (χ2v) is 7.16. The summed E-state index contributed by atoms with van der Waals surface area (Å²) in [6.45, 7) is 2.47. The number of hydrogen-bond donors (Lipinski definition) is 1. The molecule has 8 heteroatoms. The number of ether oxygens (including phenoxy) is 1. The molecule has 1 atom stereocenters. The number of nitrogens with zero attached hydrogens (tertiary/aromatic N) is 3. The minimum atomic E-state index is -0.290. The summed E-state index contributed by atoms with van der Waals surface area (Å²) < 4.78 is 4.99. The van der Waals surface area contributed by atoms with Crippen molar-refractivity contribution < 1.29 is 14.3 Å². The fourth-order valence-corrected chi connectivity index (χ4v) is 3.43. The average molecular weight is 403 g/mol. The van der Waals surface area contributed by atoms with Gasteiger partial charge in [0.05, 0.1) is 17.3 Å². The number of halogens is 1. The number of nitrogens with one attached hydrogen (secondary N) is 1. The summed E-state index contributed by atoms with van der Waals surface area (Å²) >= 11 is 5.87. The van der Waals surface area contributed by atoms with Crippen LogP contribution in [0.4, 0.5) is 5.69 Å². The van der Waals surface area contributed by atoms with Crippen molar-refractivity contribution in [3.8, 4) is 0 Å². The number of likely N-dealkylation sites (tertiary alicyclic amines) is 1. The minimum Gasteiger partial charge on any atom is -0.375 e. The summed E-state index contributed by atoms with van der Waals surface area (Å²) in [6, 6.07) is 6.68. The lowest BCUT2D eigenvalue weighted by Crippen LogP contribution is -2.41. The molecule has 0 saturated carbocycles. The van der Waals surface area contributed by atoms with E-state index < -0.39 is 0 Å². The summed E-state index contributed by atoms with van der Waals surface area (Å²) in [4.78, 5) is 35.6. The van der Waals surface area contributed by atoms with Gasteiger partial charge in [0, 0.05) is 30.6 Å². The van der Waals surface area contributed by atoms with Crippen LogP contribution in [-0.2, 0) is 9.53 Å². The predicted molar refractivity (Wildman–Crippen MR) is 106 cm³/mol. The topological polar surface area (TPSA) is 84.4 Å². The highest BCUT2D eigenvalue weighted by Crippen LogP contribution is 2.29. The van der Waals surface area contributed by atoms with Gasteiger partial charge in [-0.15, -0.1) is 0 Å². The highest BCUT2D eigenvalue weighted by atomic mass is 35.5. The number of amides is 2. The molecular weight excluding hydrogens is 380 g/mol. The predicted octanol–water partition coefficient (Wildman–Crippen LogP) is 3.39. The molecule has 1 unspecified atom stereocenters. The van der Waals surface area contributed by atoms with Gasteiger partial charge >= 0.3 is 0 Å². The standard InChI is InChI=1S/C20H23ClN4O3/c1-13-16(20(27)24-15-8-6-14(21)7-9-15)11-22-19(23-13)17-5-3-4-10-25(17)18(26)12-28-2/h6-9,11,17H,3-5,10,12H2,1-2H3,(H,24,27). The Kier molecular flexibility index (Phi) is 6.59. The molecule has 148 valence electrons. The maximum absolute atomic E-state index is 12.6. The van der Waals surface area contributed by atoms with Gasteiger partial charge in [0.25, 0.3) is 5.91 Å². The van der Waals surface area contributed by atoms with E-state index in [2.05, 4.69) is 15.3 Å². The van der Waals surface area contributed by atoms with E-state index in [0.29, 0.717) is 34.3 Å². The van der Waals surface area contributed by atoms with Crippen molar-refractivity contribution in [3.63, 3.8) is 0 Å². The lowest BCUT2D eigenvalue weighted by Gasteiger charge is -2.34. The minimum absolute atomic E-state index is 0.0388. The van der Waals surface area contributed by atoms with Crippen LogP contribution in [0, 0.1) is 6.92 Å². The number of benzene rings is 1. The Hall–Kier alpha value is -2.51. The van der Waals surface area contributed by atoms with Gasteiger partial charge in [0.15, 0.2) is 5.82 Å². The molecule has 1 N–H and O–H groups in total. The number of aryl methyl sites for hydroxylation is 1. The number of carbonyl (C=O) groups excluding carboxylic acids is 2. The molecule has 0 radical (unpaired) electrons. The molecule has 2 aromatic rings. The zero-order chi connectivity index (χ0) is 20.1. The number of aromatic nitrogens is 2. The molecule has 7 nitrogen and oxygen atoms in total. The quantitative estimate of drug-likeness (QED) is 0.828. The third-order valence-electron chi connectivity index (χ3n) is 4.73. The summed E-state index contributed by atoms with van der Waals surface area (Å²) in [5.74, 6) is 0.199. The van der Waals surface area contributed by atoms with Crippen LogP contribution < -0.4 is 5.32 Å². The largest absolute Gasteiger partial charge is 0.375 e. The first-order chi connectivity index (χ1) is 13.5. The molecule has 28 heavy (non-hydrogen) atoms. The maximum atomic E-state index is 12.6. The highest BCUT2D eigenvalue weighted by Gasteiger charge is 2.30. The molecule has 1 aliphatic rings.